The fourth-order valence-corrected chi connectivity index (χ4v) is 51.5. The van der Waals surface area contributed by atoms with Crippen LogP contribution in [0.5, 0.6) is 0 Å². The van der Waals surface area contributed by atoms with Crippen LogP contribution in [-0.4, -0.2) is 5.49 Å². The third-order valence-corrected chi connectivity index (χ3v) is 69.5. The Morgan fingerprint density at radius 2 is 0.978 bits per heavy atom. The van der Waals surface area contributed by atoms with Crippen molar-refractivity contribution in [3.05, 3.63) is 166 Å². The molecule has 0 spiro atoms. The summed E-state index contributed by atoms with van der Waals surface area (Å²) in [7, 11) is 0. The fraction of sp³-hybridized carbons (Fsp3) is 0.209. The molecule has 0 nitrogen and oxygen atoms in total. The first-order valence-corrected chi connectivity index (χ1v) is 35.5. The fourth-order valence-electron chi connectivity index (χ4n) is 8.54. The summed E-state index contributed by atoms with van der Waals surface area (Å²) >= 11 is -3.93. The first kappa shape index (κ1) is 30.3. The van der Waals surface area contributed by atoms with Crippen molar-refractivity contribution < 1.29 is 17.1 Å². The average molecular weight is 767 g/mol. The molecule has 0 heterocycles. The van der Waals surface area contributed by atoms with E-state index in [0.29, 0.717) is 7.35 Å². The van der Waals surface area contributed by atoms with Crippen molar-refractivity contribution in [3.63, 3.8) is 0 Å². The van der Waals surface area contributed by atoms with Crippen LogP contribution in [-0.2, 0) is 23.5 Å². The van der Waals surface area contributed by atoms with E-state index in [9.17, 15) is 0 Å². The maximum absolute atomic E-state index is 3.93. The minimum atomic E-state index is -3.93. The van der Waals surface area contributed by atoms with Gasteiger partial charge in [0.25, 0.3) is 0 Å². The SMILES string of the molecule is Cc1ccccc1-c1cccc2c1C=C[CH]2[Hf]([CH3])([CH3])([CH]1C=Cc2c(-c3ccccc3C)cccc21)=[Si](C)CCc1ccccc1. The number of aryl methyl sites for hydroxylation is 3. The second kappa shape index (κ2) is 11.8. The van der Waals surface area contributed by atoms with Crippen LogP contribution < -0.4 is 0 Å². The van der Waals surface area contributed by atoms with E-state index in [1.165, 1.54) is 62.5 Å². The molecule has 0 aliphatic heterocycles. The maximum atomic E-state index is 2.87. The van der Waals surface area contributed by atoms with Crippen molar-refractivity contribution in [1.82, 2.24) is 0 Å². The molecule has 0 amide bonds. The van der Waals surface area contributed by atoms with Gasteiger partial charge >= 0.3 is 273 Å². The normalized spacial score (nSPS) is 16.9. The zero-order chi connectivity index (χ0) is 31.2. The van der Waals surface area contributed by atoms with E-state index in [2.05, 4.69) is 169 Å². The van der Waals surface area contributed by atoms with Gasteiger partial charge in [-0.3, -0.25) is 0 Å². The van der Waals surface area contributed by atoms with E-state index in [0.717, 1.165) is 0 Å². The molecule has 45 heavy (non-hydrogen) atoms. The van der Waals surface area contributed by atoms with Crippen LogP contribution in [0.4, 0.5) is 0 Å². The summed E-state index contributed by atoms with van der Waals surface area (Å²) in [5, 5.41) is 0. The first-order valence-electron chi connectivity index (χ1n) is 16.6. The molecule has 0 saturated heterocycles. The molecule has 2 aliphatic carbocycles. The molecule has 2 heteroatoms. The summed E-state index contributed by atoms with van der Waals surface area (Å²) in [5.41, 5.74) is 15.0. The minimum absolute atomic E-state index is 0.526. The van der Waals surface area contributed by atoms with Crippen LogP contribution in [0.25, 0.3) is 34.4 Å². The van der Waals surface area contributed by atoms with Gasteiger partial charge in [0.2, 0.25) is 0 Å². The molecule has 0 N–H and O–H groups in total. The van der Waals surface area contributed by atoms with Gasteiger partial charge in [0, 0.05) is 0 Å². The Kier molecular flexibility index (Phi) is 7.95. The molecule has 0 aromatic heterocycles. The molecule has 224 valence electrons. The summed E-state index contributed by atoms with van der Waals surface area (Å²) < 4.78 is 6.79. The summed E-state index contributed by atoms with van der Waals surface area (Å²) in [4.78, 5) is 0. The van der Waals surface area contributed by atoms with Crippen LogP contribution in [0.15, 0.2) is 127 Å². The van der Waals surface area contributed by atoms with Gasteiger partial charge in [-0.1, -0.05) is 0 Å². The predicted molar refractivity (Wildman–Crippen MR) is 195 cm³/mol. The zero-order valence-electron chi connectivity index (χ0n) is 27.3. The van der Waals surface area contributed by atoms with Gasteiger partial charge in [-0.2, -0.15) is 0 Å². The van der Waals surface area contributed by atoms with Gasteiger partial charge in [-0.05, 0) is 0 Å². The van der Waals surface area contributed by atoms with E-state index in [1.807, 2.05) is 0 Å². The predicted octanol–water partition coefficient (Wildman–Crippen LogP) is 12.1. The summed E-state index contributed by atoms with van der Waals surface area (Å²) in [6.45, 7) is 7.22. The standard InChI is InChI=1S/2C16H13.C9H12Si.2CH3.Hf/c2*1-12-6-2-3-9-14(12)16-11-5-8-13-7-4-10-15(13)16;1-10-8-7-9-5-3-2-4-6-9;;;/h2*2-11H,1H3;2-6H,7-8H2,1H3;2*1H3;. The molecule has 0 fully saturated rings. The summed E-state index contributed by atoms with van der Waals surface area (Å²) in [6, 6.07) is 44.6. The Labute approximate surface area is 271 Å². The molecule has 2 aliphatic rings. The van der Waals surface area contributed by atoms with Crippen molar-refractivity contribution in [2.45, 2.75) is 49.6 Å². The van der Waals surface area contributed by atoms with E-state index in [4.69, 9.17) is 0 Å². The van der Waals surface area contributed by atoms with Gasteiger partial charge in [-0.25, -0.2) is 0 Å². The van der Waals surface area contributed by atoms with E-state index >= 15 is 0 Å². The Bertz CT molecular complexity index is 1940. The molecule has 0 radical (unpaired) electrons. The van der Waals surface area contributed by atoms with E-state index < -0.39 is 22.6 Å². The number of rotatable bonds is 7. The number of hydrogen-bond donors (Lipinski definition) is 0. The molecule has 5 aromatic carbocycles. The molecule has 0 saturated carbocycles. The molecular formula is C43H44HfSi. The summed E-state index contributed by atoms with van der Waals surface area (Å²) in [5.74, 6) is 0. The second-order valence-corrected chi connectivity index (χ2v) is 61.7. The van der Waals surface area contributed by atoms with Crippen molar-refractivity contribution in [3.8, 4) is 22.3 Å². The second-order valence-electron chi connectivity index (χ2n) is 14.3. The molecule has 2 unspecified atom stereocenters. The van der Waals surface area contributed by atoms with E-state index in [1.54, 1.807) is 11.1 Å². The molecule has 5 aromatic rings. The van der Waals surface area contributed by atoms with Crippen molar-refractivity contribution in [2.75, 3.05) is 0 Å². The number of hydrogen-bond acceptors (Lipinski definition) is 0. The van der Waals surface area contributed by atoms with Gasteiger partial charge in [0.1, 0.15) is 0 Å². The third kappa shape index (κ3) is 5.06. The molecule has 2 atom stereocenters. The quantitative estimate of drug-likeness (QED) is 0.145. The van der Waals surface area contributed by atoms with Crippen molar-refractivity contribution in [2.24, 2.45) is 0 Å². The number of benzene rings is 5. The Morgan fingerprint density at radius 3 is 1.47 bits per heavy atom. The Morgan fingerprint density at radius 1 is 0.533 bits per heavy atom. The molecular weight excluding hydrogens is 723 g/mol. The monoisotopic (exact) mass is 768 g/mol. The first-order chi connectivity index (χ1) is 21.8. The summed E-state index contributed by atoms with van der Waals surface area (Å²) in [6.07, 6.45) is 11.5. The van der Waals surface area contributed by atoms with Crippen molar-refractivity contribution in [1.29, 1.82) is 0 Å². The molecule has 7 rings (SSSR count). The number of allylic oxidation sites excluding steroid dienone is 2. The van der Waals surface area contributed by atoms with Crippen LogP contribution in [0.1, 0.15) is 46.3 Å². The number of fused-ring (bicyclic) bond motifs is 2. The zero-order valence-corrected chi connectivity index (χ0v) is 31.9. The van der Waals surface area contributed by atoms with Crippen LogP contribution in [0.3, 0.4) is 0 Å². The van der Waals surface area contributed by atoms with E-state index in [-0.39, 0.29) is 0 Å². The van der Waals surface area contributed by atoms with Gasteiger partial charge in [0.05, 0.1) is 0 Å². The van der Waals surface area contributed by atoms with Gasteiger partial charge in [0.15, 0.2) is 0 Å². The van der Waals surface area contributed by atoms with Gasteiger partial charge < -0.3 is 0 Å². The third-order valence-electron chi connectivity index (χ3n) is 11.6. The molecule has 0 bridgehead atoms. The van der Waals surface area contributed by atoms with Crippen LogP contribution in [0.2, 0.25) is 22.0 Å². The topological polar surface area (TPSA) is 0 Å². The van der Waals surface area contributed by atoms with Gasteiger partial charge in [-0.15, -0.1) is 0 Å². The Hall–Kier alpha value is -3.33. The average Bonchev–Trinajstić information content (AvgIpc) is 3.71. The van der Waals surface area contributed by atoms with Crippen molar-refractivity contribution >= 4 is 17.6 Å². The van der Waals surface area contributed by atoms with Crippen LogP contribution >= 0.6 is 0 Å². The van der Waals surface area contributed by atoms with Crippen LogP contribution in [0, 0.1) is 13.8 Å². The Balaban J connectivity index is 1.42.